The molecule has 0 fully saturated rings. The molecule has 0 atom stereocenters. The Morgan fingerprint density at radius 2 is 1.62 bits per heavy atom. The van der Waals surface area contributed by atoms with Gasteiger partial charge in [-0.15, -0.1) is 34.0 Å². The Bertz CT molecular complexity index is 772. The molecule has 0 amide bonds. The van der Waals surface area contributed by atoms with Gasteiger partial charge in [0.1, 0.15) is 0 Å². The highest BCUT2D eigenvalue weighted by Crippen LogP contribution is 2.32. The predicted octanol–water partition coefficient (Wildman–Crippen LogP) is 7.51. The lowest BCUT2D eigenvalue weighted by atomic mass is 10.3. The van der Waals surface area contributed by atoms with Gasteiger partial charge in [-0.3, -0.25) is 0 Å². The maximum Gasteiger partial charge on any atom is 0.0482 e. The molecule has 0 radical (unpaired) electrons. The zero-order valence-corrected chi connectivity index (χ0v) is 15.3. The van der Waals surface area contributed by atoms with Crippen molar-refractivity contribution in [2.24, 2.45) is 0 Å². The smallest absolute Gasteiger partial charge is 0.0482 e. The molecule has 3 heteroatoms. The van der Waals surface area contributed by atoms with E-state index in [0.29, 0.717) is 0 Å². The first-order valence-electron chi connectivity index (χ1n) is 7.10. The van der Waals surface area contributed by atoms with Gasteiger partial charge in [0, 0.05) is 19.0 Å². The van der Waals surface area contributed by atoms with Crippen LogP contribution in [-0.4, -0.2) is 0 Å². The van der Waals surface area contributed by atoms with Crippen molar-refractivity contribution in [2.45, 2.75) is 27.7 Å². The van der Waals surface area contributed by atoms with E-state index in [1.165, 1.54) is 29.9 Å². The Hall–Kier alpha value is -1.16. The van der Waals surface area contributed by atoms with E-state index in [-0.39, 0.29) is 0 Å². The Balaban J connectivity index is 0.000000138. The second-order valence-corrected chi connectivity index (χ2v) is 7.54. The van der Waals surface area contributed by atoms with E-state index in [9.17, 15) is 0 Å². The summed E-state index contributed by atoms with van der Waals surface area (Å²) < 4.78 is 4.29. The fraction of sp³-hybridized carbons (Fsp3) is 0.222. The number of aryl methyl sites for hydroxylation is 2. The van der Waals surface area contributed by atoms with Gasteiger partial charge in [0.2, 0.25) is 0 Å². The van der Waals surface area contributed by atoms with Gasteiger partial charge < -0.3 is 0 Å². The standard InChI is InChI=1S/C8H8S2.C8H6S.C2H6/c1-5-4-9-7-3-6(2)10-8(5)7;1-2-4-8-7(3-1)5-6-9-8;1-2/h3-4H,1-2H3;1-6H;1-2H3. The quantitative estimate of drug-likeness (QED) is 0.312. The monoisotopic (exact) mass is 332 g/mol. The number of hydrogen-bond donors (Lipinski definition) is 0. The van der Waals surface area contributed by atoms with Crippen LogP contribution in [0.3, 0.4) is 0 Å². The highest BCUT2D eigenvalue weighted by atomic mass is 32.1. The molecule has 3 heterocycles. The first kappa shape index (κ1) is 16.2. The van der Waals surface area contributed by atoms with Crippen LogP contribution >= 0.6 is 34.0 Å². The van der Waals surface area contributed by atoms with E-state index in [2.05, 4.69) is 61.0 Å². The number of hydrogen-bond acceptors (Lipinski definition) is 3. The van der Waals surface area contributed by atoms with E-state index in [4.69, 9.17) is 0 Å². The van der Waals surface area contributed by atoms with Crippen molar-refractivity contribution >= 4 is 53.5 Å². The zero-order chi connectivity index (χ0) is 15.2. The summed E-state index contributed by atoms with van der Waals surface area (Å²) in [5.74, 6) is 0. The van der Waals surface area contributed by atoms with Crippen molar-refractivity contribution in [1.29, 1.82) is 0 Å². The molecule has 110 valence electrons. The summed E-state index contributed by atoms with van der Waals surface area (Å²) >= 11 is 5.53. The van der Waals surface area contributed by atoms with Crippen molar-refractivity contribution in [2.75, 3.05) is 0 Å². The van der Waals surface area contributed by atoms with Crippen LogP contribution in [-0.2, 0) is 0 Å². The largest absolute Gasteiger partial charge is 0.144 e. The number of rotatable bonds is 0. The van der Waals surface area contributed by atoms with Crippen molar-refractivity contribution in [3.8, 4) is 0 Å². The maximum absolute atomic E-state index is 2.26. The van der Waals surface area contributed by atoms with Crippen molar-refractivity contribution in [3.63, 3.8) is 0 Å². The van der Waals surface area contributed by atoms with E-state index < -0.39 is 0 Å². The van der Waals surface area contributed by atoms with Gasteiger partial charge in [0.05, 0.1) is 0 Å². The number of benzene rings is 1. The summed E-state index contributed by atoms with van der Waals surface area (Å²) in [4.78, 5) is 1.42. The second-order valence-electron chi connectivity index (χ2n) is 4.43. The lowest BCUT2D eigenvalue weighted by Gasteiger charge is -1.82. The fourth-order valence-electron chi connectivity index (χ4n) is 1.96. The lowest BCUT2D eigenvalue weighted by molar-refractivity contribution is 1.50. The van der Waals surface area contributed by atoms with Crippen LogP contribution in [0.15, 0.2) is 47.2 Å². The minimum Gasteiger partial charge on any atom is -0.144 e. The molecular formula is C18H20S3. The number of fused-ring (bicyclic) bond motifs is 2. The molecule has 0 bridgehead atoms. The van der Waals surface area contributed by atoms with E-state index in [1.54, 1.807) is 11.3 Å². The average Bonchev–Trinajstić information content (AvgIpc) is 3.20. The number of thiophene rings is 3. The van der Waals surface area contributed by atoms with Crippen LogP contribution in [0.1, 0.15) is 24.3 Å². The van der Waals surface area contributed by atoms with Crippen LogP contribution in [0.4, 0.5) is 0 Å². The minimum atomic E-state index is 1.35. The first-order valence-corrected chi connectivity index (χ1v) is 9.68. The zero-order valence-electron chi connectivity index (χ0n) is 12.8. The van der Waals surface area contributed by atoms with Gasteiger partial charge in [0.15, 0.2) is 0 Å². The fourth-order valence-corrected chi connectivity index (χ4v) is 4.99. The second kappa shape index (κ2) is 7.74. The molecule has 4 aromatic rings. The topological polar surface area (TPSA) is 0 Å². The Morgan fingerprint density at radius 3 is 2.33 bits per heavy atom. The third-order valence-corrected chi connectivity index (χ3v) is 6.16. The molecule has 0 nitrogen and oxygen atoms in total. The van der Waals surface area contributed by atoms with Gasteiger partial charge >= 0.3 is 0 Å². The highest BCUT2D eigenvalue weighted by Gasteiger charge is 2.01. The van der Waals surface area contributed by atoms with Crippen LogP contribution in [0.25, 0.3) is 19.5 Å². The molecule has 21 heavy (non-hydrogen) atoms. The summed E-state index contributed by atoms with van der Waals surface area (Å²) in [6, 6.07) is 12.8. The maximum atomic E-state index is 2.26. The minimum absolute atomic E-state index is 1.35. The Labute approximate surface area is 138 Å². The summed E-state index contributed by atoms with van der Waals surface area (Å²) in [5, 5.41) is 5.69. The van der Waals surface area contributed by atoms with Crippen molar-refractivity contribution < 1.29 is 0 Å². The SMILES string of the molecule is CC.Cc1cc2scc(C)c2s1.c1ccc2sccc2c1. The van der Waals surface area contributed by atoms with Crippen LogP contribution in [0.2, 0.25) is 0 Å². The lowest BCUT2D eigenvalue weighted by Crippen LogP contribution is -1.56. The molecule has 0 aliphatic rings. The molecule has 4 rings (SSSR count). The highest BCUT2D eigenvalue weighted by molar-refractivity contribution is 7.27. The third-order valence-electron chi connectivity index (χ3n) is 2.90. The van der Waals surface area contributed by atoms with Crippen LogP contribution in [0, 0.1) is 13.8 Å². The molecule has 0 aliphatic carbocycles. The molecule has 0 aliphatic heterocycles. The molecule has 0 spiro atoms. The summed E-state index contributed by atoms with van der Waals surface area (Å²) in [7, 11) is 0. The Morgan fingerprint density at radius 1 is 0.857 bits per heavy atom. The van der Waals surface area contributed by atoms with Gasteiger partial charge in [-0.05, 0) is 53.8 Å². The van der Waals surface area contributed by atoms with Gasteiger partial charge in [-0.1, -0.05) is 32.0 Å². The van der Waals surface area contributed by atoms with Gasteiger partial charge in [0.25, 0.3) is 0 Å². The predicted molar refractivity (Wildman–Crippen MR) is 102 cm³/mol. The molecule has 0 saturated heterocycles. The first-order chi connectivity index (χ1) is 10.2. The normalized spacial score (nSPS) is 9.90. The van der Waals surface area contributed by atoms with Crippen molar-refractivity contribution in [1.82, 2.24) is 0 Å². The summed E-state index contributed by atoms with van der Waals surface area (Å²) in [6.45, 7) is 8.34. The molecule has 1 aromatic carbocycles. The van der Waals surface area contributed by atoms with Gasteiger partial charge in [-0.2, -0.15) is 0 Å². The summed E-state index contributed by atoms with van der Waals surface area (Å²) in [5.41, 5.74) is 1.43. The molecular weight excluding hydrogens is 312 g/mol. The average molecular weight is 333 g/mol. The van der Waals surface area contributed by atoms with E-state index in [0.717, 1.165) is 0 Å². The van der Waals surface area contributed by atoms with Crippen LogP contribution in [0.5, 0.6) is 0 Å². The summed E-state index contributed by atoms with van der Waals surface area (Å²) in [6.07, 6.45) is 0. The molecule has 0 unspecified atom stereocenters. The van der Waals surface area contributed by atoms with E-state index >= 15 is 0 Å². The van der Waals surface area contributed by atoms with Crippen molar-refractivity contribution in [3.05, 3.63) is 57.6 Å². The Kier molecular flexibility index (Phi) is 5.97. The van der Waals surface area contributed by atoms with Crippen LogP contribution < -0.4 is 0 Å². The molecule has 3 aromatic heterocycles. The van der Waals surface area contributed by atoms with E-state index in [1.807, 2.05) is 36.5 Å². The van der Waals surface area contributed by atoms with Gasteiger partial charge in [-0.25, -0.2) is 0 Å². The molecule has 0 saturated carbocycles. The molecule has 0 N–H and O–H groups in total. The third kappa shape index (κ3) is 3.94.